The van der Waals surface area contributed by atoms with E-state index in [1.807, 2.05) is 17.4 Å². The quantitative estimate of drug-likeness (QED) is 0.690. The fraction of sp³-hybridized carbons (Fsp3) is 0.364. The molecule has 3 aromatic rings. The number of aromatic nitrogens is 1. The predicted molar refractivity (Wildman–Crippen MR) is 111 cm³/mol. The monoisotopic (exact) mass is 393 g/mol. The number of aliphatic hydroxyl groups is 1. The van der Waals surface area contributed by atoms with Crippen LogP contribution < -0.4 is 4.74 Å². The second-order valence-electron chi connectivity index (χ2n) is 7.20. The number of β-amino-alcohol motifs (C(OH)–C–C–N with tert-alkyl or cyclic N) is 1. The molecule has 1 atom stereocenters. The first-order valence-corrected chi connectivity index (χ1v) is 10.4. The number of thiazole rings is 1. The van der Waals surface area contributed by atoms with E-state index in [4.69, 9.17) is 15.0 Å². The molecule has 4 rings (SSSR count). The standard InChI is InChI=1S/C22H23N3O2S/c23-13-16-5-7-19(8-6-16)27-15-18(26)14-25-11-9-17(10-12-25)22-24-20-3-1-2-4-21(20)28-22/h1-8,17-18,26H,9-12,14-15H2/t18-/m0/s1. The molecule has 0 aliphatic carbocycles. The third kappa shape index (κ3) is 4.50. The van der Waals surface area contributed by atoms with Crippen LogP contribution in [0.5, 0.6) is 5.75 Å². The van der Waals surface area contributed by atoms with E-state index < -0.39 is 6.10 Å². The van der Waals surface area contributed by atoms with Gasteiger partial charge < -0.3 is 14.7 Å². The van der Waals surface area contributed by atoms with Gasteiger partial charge in [-0.2, -0.15) is 5.26 Å². The first-order valence-electron chi connectivity index (χ1n) is 9.60. The van der Waals surface area contributed by atoms with Crippen LogP contribution in [0.25, 0.3) is 10.2 Å². The molecule has 5 nitrogen and oxygen atoms in total. The first kappa shape index (κ1) is 18.9. The summed E-state index contributed by atoms with van der Waals surface area (Å²) in [6, 6.07) is 17.3. The minimum atomic E-state index is -0.533. The number of piperidine rings is 1. The van der Waals surface area contributed by atoms with Gasteiger partial charge in [0.05, 0.1) is 26.9 Å². The van der Waals surface area contributed by atoms with Crippen LogP contribution in [0.1, 0.15) is 29.3 Å². The maximum Gasteiger partial charge on any atom is 0.119 e. The second kappa shape index (κ2) is 8.70. The van der Waals surface area contributed by atoms with Gasteiger partial charge in [0.25, 0.3) is 0 Å². The number of nitrogens with zero attached hydrogens (tertiary/aromatic N) is 3. The predicted octanol–water partition coefficient (Wildman–Crippen LogP) is 3.79. The Morgan fingerprint density at radius 1 is 1.18 bits per heavy atom. The highest BCUT2D eigenvalue weighted by atomic mass is 32.1. The molecule has 1 aromatic heterocycles. The number of hydrogen-bond acceptors (Lipinski definition) is 6. The van der Waals surface area contributed by atoms with E-state index in [2.05, 4.69) is 29.2 Å². The molecule has 0 unspecified atom stereocenters. The molecule has 0 bridgehead atoms. The number of benzene rings is 2. The highest BCUT2D eigenvalue weighted by molar-refractivity contribution is 7.18. The van der Waals surface area contributed by atoms with Gasteiger partial charge in [-0.1, -0.05) is 12.1 Å². The molecule has 0 amide bonds. The molecule has 1 N–H and O–H groups in total. The van der Waals surface area contributed by atoms with Crippen molar-refractivity contribution >= 4 is 21.6 Å². The van der Waals surface area contributed by atoms with Crippen molar-refractivity contribution in [2.24, 2.45) is 0 Å². The Morgan fingerprint density at radius 3 is 2.64 bits per heavy atom. The number of aliphatic hydroxyl groups excluding tert-OH is 1. The summed E-state index contributed by atoms with van der Waals surface area (Å²) in [5.74, 6) is 1.19. The van der Waals surface area contributed by atoms with Crippen LogP contribution in [0.3, 0.4) is 0 Å². The lowest BCUT2D eigenvalue weighted by Crippen LogP contribution is -2.40. The van der Waals surface area contributed by atoms with Gasteiger partial charge in [0.1, 0.15) is 18.5 Å². The number of likely N-dealkylation sites (tertiary alicyclic amines) is 1. The van der Waals surface area contributed by atoms with E-state index in [-0.39, 0.29) is 6.61 Å². The maximum atomic E-state index is 10.3. The van der Waals surface area contributed by atoms with Crippen molar-refractivity contribution in [3.8, 4) is 11.8 Å². The minimum absolute atomic E-state index is 0.254. The summed E-state index contributed by atoms with van der Waals surface area (Å²) in [6.07, 6.45) is 1.61. The van der Waals surface area contributed by atoms with Crippen molar-refractivity contribution in [1.82, 2.24) is 9.88 Å². The average Bonchev–Trinajstić information content (AvgIpc) is 3.17. The molecule has 0 saturated carbocycles. The van der Waals surface area contributed by atoms with Gasteiger partial charge in [0.2, 0.25) is 0 Å². The van der Waals surface area contributed by atoms with Crippen molar-refractivity contribution in [2.75, 3.05) is 26.2 Å². The van der Waals surface area contributed by atoms with Gasteiger partial charge >= 0.3 is 0 Å². The van der Waals surface area contributed by atoms with Gasteiger partial charge in [-0.25, -0.2) is 4.98 Å². The Labute approximate surface area is 168 Å². The molecule has 2 heterocycles. The first-order chi connectivity index (χ1) is 13.7. The number of fused-ring (bicyclic) bond motifs is 1. The summed E-state index contributed by atoms with van der Waals surface area (Å²) in [5.41, 5.74) is 1.70. The molecule has 1 aliphatic rings. The number of nitriles is 1. The van der Waals surface area contributed by atoms with Gasteiger partial charge in [-0.3, -0.25) is 0 Å². The molecule has 6 heteroatoms. The highest BCUT2D eigenvalue weighted by Gasteiger charge is 2.24. The van der Waals surface area contributed by atoms with Crippen molar-refractivity contribution < 1.29 is 9.84 Å². The second-order valence-corrected chi connectivity index (χ2v) is 8.26. The summed E-state index contributed by atoms with van der Waals surface area (Å²) in [7, 11) is 0. The number of para-hydroxylation sites is 1. The Kier molecular flexibility index (Phi) is 5.87. The summed E-state index contributed by atoms with van der Waals surface area (Å²) in [6.45, 7) is 2.80. The van der Waals surface area contributed by atoms with Crippen LogP contribution in [0.2, 0.25) is 0 Å². The lowest BCUT2D eigenvalue weighted by atomic mass is 9.97. The molecule has 1 saturated heterocycles. The molecule has 28 heavy (non-hydrogen) atoms. The van der Waals surface area contributed by atoms with Crippen molar-refractivity contribution in [1.29, 1.82) is 5.26 Å². The molecule has 144 valence electrons. The summed E-state index contributed by atoms with van der Waals surface area (Å²) in [5, 5.41) is 20.4. The van der Waals surface area contributed by atoms with Crippen LogP contribution in [0.4, 0.5) is 0 Å². The summed E-state index contributed by atoms with van der Waals surface area (Å²) < 4.78 is 6.90. The molecule has 0 radical (unpaired) electrons. The van der Waals surface area contributed by atoms with Crippen LogP contribution >= 0.6 is 11.3 Å². The largest absolute Gasteiger partial charge is 0.491 e. The van der Waals surface area contributed by atoms with Gasteiger partial charge in [0, 0.05) is 12.5 Å². The van der Waals surface area contributed by atoms with Crippen molar-refractivity contribution in [3.05, 3.63) is 59.1 Å². The Bertz CT molecular complexity index is 923. The molecule has 1 aliphatic heterocycles. The van der Waals surface area contributed by atoms with Crippen LogP contribution in [0.15, 0.2) is 48.5 Å². The number of hydrogen-bond donors (Lipinski definition) is 1. The molecule has 1 fully saturated rings. The Morgan fingerprint density at radius 2 is 1.93 bits per heavy atom. The lowest BCUT2D eigenvalue weighted by molar-refractivity contribution is 0.0594. The van der Waals surface area contributed by atoms with Crippen LogP contribution in [-0.2, 0) is 0 Å². The third-order valence-corrected chi connectivity index (χ3v) is 6.34. The molecule has 2 aromatic carbocycles. The minimum Gasteiger partial charge on any atom is -0.491 e. The zero-order valence-electron chi connectivity index (χ0n) is 15.6. The smallest absolute Gasteiger partial charge is 0.119 e. The summed E-state index contributed by atoms with van der Waals surface area (Å²) >= 11 is 1.81. The third-order valence-electron chi connectivity index (χ3n) is 5.14. The topological polar surface area (TPSA) is 69.4 Å². The van der Waals surface area contributed by atoms with Gasteiger partial charge in [-0.05, 0) is 62.3 Å². The average molecular weight is 394 g/mol. The summed E-state index contributed by atoms with van der Waals surface area (Å²) in [4.78, 5) is 7.11. The zero-order valence-corrected chi connectivity index (χ0v) is 16.4. The lowest BCUT2D eigenvalue weighted by Gasteiger charge is -2.32. The van der Waals surface area contributed by atoms with Gasteiger partial charge in [0.15, 0.2) is 0 Å². The number of rotatable bonds is 6. The van der Waals surface area contributed by atoms with E-state index in [1.165, 1.54) is 9.71 Å². The highest BCUT2D eigenvalue weighted by Crippen LogP contribution is 2.33. The fourth-order valence-corrected chi connectivity index (χ4v) is 4.73. The number of ether oxygens (including phenoxy) is 1. The van der Waals surface area contributed by atoms with E-state index >= 15 is 0 Å². The van der Waals surface area contributed by atoms with E-state index in [0.717, 1.165) is 31.4 Å². The fourth-order valence-electron chi connectivity index (χ4n) is 3.60. The van der Waals surface area contributed by atoms with Crippen LogP contribution in [-0.4, -0.2) is 47.3 Å². The molecule has 0 spiro atoms. The Balaban J connectivity index is 1.24. The van der Waals surface area contributed by atoms with Crippen LogP contribution in [0, 0.1) is 11.3 Å². The molecular weight excluding hydrogens is 370 g/mol. The normalized spacial score (nSPS) is 16.7. The van der Waals surface area contributed by atoms with Gasteiger partial charge in [-0.15, -0.1) is 11.3 Å². The molecular formula is C22H23N3O2S. The van der Waals surface area contributed by atoms with Crippen molar-refractivity contribution in [3.63, 3.8) is 0 Å². The zero-order chi connectivity index (χ0) is 19.3. The van der Waals surface area contributed by atoms with E-state index in [9.17, 15) is 5.11 Å². The van der Waals surface area contributed by atoms with Crippen molar-refractivity contribution in [2.45, 2.75) is 24.9 Å². The maximum absolute atomic E-state index is 10.3. The Hall–Kier alpha value is -2.46. The van der Waals surface area contributed by atoms with E-state index in [0.29, 0.717) is 23.8 Å². The van der Waals surface area contributed by atoms with E-state index in [1.54, 1.807) is 24.3 Å². The SMILES string of the molecule is N#Cc1ccc(OC[C@@H](O)CN2CCC(c3nc4ccccc4s3)CC2)cc1.